The second kappa shape index (κ2) is 5.25. The maximum absolute atomic E-state index is 11.3. The fourth-order valence-electron chi connectivity index (χ4n) is 1.94. The van der Waals surface area contributed by atoms with Gasteiger partial charge in [0.25, 0.3) is 0 Å². The quantitative estimate of drug-likeness (QED) is 0.506. The number of rotatable bonds is 4. The van der Waals surface area contributed by atoms with E-state index in [2.05, 4.69) is 20.5 Å². The van der Waals surface area contributed by atoms with Gasteiger partial charge in [-0.2, -0.15) is 5.10 Å². The fourth-order valence-corrected chi connectivity index (χ4v) is 1.94. The zero-order chi connectivity index (χ0) is 14.8. The van der Waals surface area contributed by atoms with Crippen LogP contribution in [0.1, 0.15) is 11.7 Å². The largest absolute Gasteiger partial charge is 0.399 e. The Bertz CT molecular complexity index is 807. The number of H-pyrrole nitrogens is 1. The molecule has 3 rings (SSSR count). The number of aromatic amines is 1. The number of nitrogens with one attached hydrogen (secondary N) is 2. The second-order valence-electron chi connectivity index (χ2n) is 4.59. The van der Waals surface area contributed by atoms with Crippen molar-refractivity contribution in [2.45, 2.75) is 6.10 Å². The van der Waals surface area contributed by atoms with Crippen LogP contribution in [0.2, 0.25) is 0 Å². The van der Waals surface area contributed by atoms with Crippen LogP contribution in [0, 0.1) is 0 Å². The first kappa shape index (κ1) is 13.1. The van der Waals surface area contributed by atoms with Gasteiger partial charge in [0.05, 0.1) is 6.10 Å². The van der Waals surface area contributed by atoms with Gasteiger partial charge in [-0.05, 0) is 17.7 Å². The van der Waals surface area contributed by atoms with Crippen molar-refractivity contribution in [2.24, 2.45) is 0 Å². The van der Waals surface area contributed by atoms with Crippen LogP contribution in [-0.4, -0.2) is 31.2 Å². The van der Waals surface area contributed by atoms with E-state index in [0.29, 0.717) is 17.2 Å². The molecule has 0 aliphatic carbocycles. The molecule has 0 saturated carbocycles. The Kier molecular flexibility index (Phi) is 3.28. The third-order valence-electron chi connectivity index (χ3n) is 3.11. The summed E-state index contributed by atoms with van der Waals surface area (Å²) in [5, 5.41) is 19.3. The standard InChI is InChI=1S/C13H14N6O2/c14-9-3-1-8(2-4-9)10(20)6-15-11-5-12-17-18-13(21)19(12)7-16-11/h1-5,7,10,15,20H,6,14H2,(H,18,21). The minimum atomic E-state index is -0.690. The highest BCUT2D eigenvalue weighted by molar-refractivity contribution is 5.48. The van der Waals surface area contributed by atoms with E-state index in [-0.39, 0.29) is 12.2 Å². The molecular weight excluding hydrogens is 272 g/mol. The summed E-state index contributed by atoms with van der Waals surface area (Å²) in [5.74, 6) is 0.524. The van der Waals surface area contributed by atoms with Crippen LogP contribution in [-0.2, 0) is 0 Å². The van der Waals surface area contributed by atoms with Crippen LogP contribution in [0.5, 0.6) is 0 Å². The molecule has 2 heterocycles. The van der Waals surface area contributed by atoms with Gasteiger partial charge in [-0.15, -0.1) is 0 Å². The number of aliphatic hydroxyl groups excluding tert-OH is 1. The Morgan fingerprint density at radius 2 is 2.14 bits per heavy atom. The molecule has 1 unspecified atom stereocenters. The highest BCUT2D eigenvalue weighted by Gasteiger charge is 2.08. The topological polar surface area (TPSA) is 121 Å². The number of hydrogen-bond acceptors (Lipinski definition) is 6. The van der Waals surface area contributed by atoms with Crippen molar-refractivity contribution in [3.63, 3.8) is 0 Å². The monoisotopic (exact) mass is 286 g/mol. The molecule has 0 amide bonds. The van der Waals surface area contributed by atoms with Gasteiger partial charge in [-0.25, -0.2) is 19.3 Å². The van der Waals surface area contributed by atoms with Crippen molar-refractivity contribution < 1.29 is 5.11 Å². The lowest BCUT2D eigenvalue weighted by Crippen LogP contribution is -2.14. The first-order valence-electron chi connectivity index (χ1n) is 6.33. The molecule has 2 aromatic heterocycles. The predicted molar refractivity (Wildman–Crippen MR) is 77.9 cm³/mol. The molecule has 0 spiro atoms. The first-order chi connectivity index (χ1) is 10.1. The number of aromatic nitrogens is 4. The maximum Gasteiger partial charge on any atom is 0.348 e. The molecule has 108 valence electrons. The number of hydrogen-bond donors (Lipinski definition) is 4. The molecule has 1 aromatic carbocycles. The van der Waals surface area contributed by atoms with Gasteiger partial charge >= 0.3 is 5.69 Å². The van der Waals surface area contributed by atoms with Crippen LogP contribution < -0.4 is 16.7 Å². The van der Waals surface area contributed by atoms with Gasteiger partial charge in [-0.3, -0.25) is 0 Å². The lowest BCUT2D eigenvalue weighted by atomic mass is 10.1. The Morgan fingerprint density at radius 3 is 2.90 bits per heavy atom. The van der Waals surface area contributed by atoms with E-state index in [1.165, 1.54) is 10.7 Å². The number of benzene rings is 1. The molecule has 21 heavy (non-hydrogen) atoms. The highest BCUT2D eigenvalue weighted by atomic mass is 16.3. The first-order valence-corrected chi connectivity index (χ1v) is 6.33. The van der Waals surface area contributed by atoms with Gasteiger partial charge in [0, 0.05) is 18.3 Å². The van der Waals surface area contributed by atoms with E-state index < -0.39 is 6.10 Å². The molecule has 0 bridgehead atoms. The smallest absolute Gasteiger partial charge is 0.348 e. The minimum absolute atomic E-state index is 0.280. The Morgan fingerprint density at radius 1 is 1.38 bits per heavy atom. The normalized spacial score (nSPS) is 12.4. The average molecular weight is 286 g/mol. The number of nitrogen functional groups attached to an aromatic ring is 1. The van der Waals surface area contributed by atoms with E-state index in [1.807, 2.05) is 0 Å². The van der Waals surface area contributed by atoms with Gasteiger partial charge < -0.3 is 16.2 Å². The van der Waals surface area contributed by atoms with E-state index in [9.17, 15) is 9.90 Å². The fraction of sp³-hybridized carbons (Fsp3) is 0.154. The van der Waals surface area contributed by atoms with E-state index in [4.69, 9.17) is 5.73 Å². The van der Waals surface area contributed by atoms with Crippen molar-refractivity contribution >= 4 is 17.2 Å². The summed E-state index contributed by atoms with van der Waals surface area (Å²) in [6, 6.07) is 8.63. The zero-order valence-corrected chi connectivity index (χ0v) is 11.0. The molecule has 5 N–H and O–H groups in total. The zero-order valence-electron chi connectivity index (χ0n) is 11.0. The average Bonchev–Trinajstić information content (AvgIpc) is 2.86. The van der Waals surface area contributed by atoms with E-state index in [1.54, 1.807) is 30.3 Å². The van der Waals surface area contributed by atoms with Crippen LogP contribution in [0.3, 0.4) is 0 Å². The van der Waals surface area contributed by atoms with Crippen molar-refractivity contribution in [3.05, 3.63) is 52.7 Å². The number of fused-ring (bicyclic) bond motifs is 1. The van der Waals surface area contributed by atoms with Crippen molar-refractivity contribution in [2.75, 3.05) is 17.6 Å². The molecule has 0 fully saturated rings. The van der Waals surface area contributed by atoms with E-state index in [0.717, 1.165) is 5.56 Å². The summed E-state index contributed by atoms with van der Waals surface area (Å²) in [4.78, 5) is 15.4. The van der Waals surface area contributed by atoms with Crippen molar-refractivity contribution in [1.82, 2.24) is 19.6 Å². The molecule has 1 atom stereocenters. The lowest BCUT2D eigenvalue weighted by molar-refractivity contribution is 0.191. The van der Waals surface area contributed by atoms with E-state index >= 15 is 0 Å². The molecule has 0 radical (unpaired) electrons. The lowest BCUT2D eigenvalue weighted by Gasteiger charge is -2.12. The third-order valence-corrected chi connectivity index (χ3v) is 3.11. The van der Waals surface area contributed by atoms with Gasteiger partial charge in [-0.1, -0.05) is 12.1 Å². The van der Waals surface area contributed by atoms with Crippen LogP contribution in [0.15, 0.2) is 41.5 Å². The van der Waals surface area contributed by atoms with Gasteiger partial charge in [0.2, 0.25) is 0 Å². The summed E-state index contributed by atoms with van der Waals surface area (Å²) in [5.41, 5.74) is 7.12. The Labute approximate surface area is 119 Å². The SMILES string of the molecule is Nc1ccc(C(O)CNc2cc3n[nH]c(=O)n3cn2)cc1. The van der Waals surface area contributed by atoms with Crippen molar-refractivity contribution in [3.8, 4) is 0 Å². The minimum Gasteiger partial charge on any atom is -0.399 e. The molecule has 8 heteroatoms. The maximum atomic E-state index is 11.3. The number of nitrogens with two attached hydrogens (primary N) is 1. The molecule has 0 aliphatic heterocycles. The summed E-state index contributed by atoms with van der Waals surface area (Å²) in [7, 11) is 0. The van der Waals surface area contributed by atoms with Gasteiger partial charge in [0.15, 0.2) is 5.65 Å². The van der Waals surface area contributed by atoms with Crippen molar-refractivity contribution in [1.29, 1.82) is 0 Å². The molecule has 0 saturated heterocycles. The highest BCUT2D eigenvalue weighted by Crippen LogP contribution is 2.15. The second-order valence-corrected chi connectivity index (χ2v) is 4.59. The third kappa shape index (κ3) is 2.70. The molecular formula is C13H14N6O2. The van der Waals surface area contributed by atoms with Crippen LogP contribution >= 0.6 is 0 Å². The summed E-state index contributed by atoms with van der Waals surface area (Å²) in [6.45, 7) is 0.280. The molecule has 0 aliphatic rings. The van der Waals surface area contributed by atoms with Crippen LogP contribution in [0.25, 0.3) is 5.65 Å². The summed E-state index contributed by atoms with van der Waals surface area (Å²) < 4.78 is 1.29. The Hall–Kier alpha value is -2.87. The summed E-state index contributed by atoms with van der Waals surface area (Å²) in [6.07, 6.45) is 0.684. The van der Waals surface area contributed by atoms with Gasteiger partial charge in [0.1, 0.15) is 12.1 Å². The number of anilines is 2. The number of nitrogens with zero attached hydrogens (tertiary/aromatic N) is 3. The number of aliphatic hydroxyl groups is 1. The van der Waals surface area contributed by atoms with Crippen LogP contribution in [0.4, 0.5) is 11.5 Å². The Balaban J connectivity index is 1.70. The predicted octanol–water partition coefficient (Wildman–Crippen LogP) is 0.145. The summed E-state index contributed by atoms with van der Waals surface area (Å²) >= 11 is 0. The molecule has 8 nitrogen and oxygen atoms in total. The molecule has 3 aromatic rings.